The van der Waals surface area contributed by atoms with Crippen molar-refractivity contribution in [2.45, 2.75) is 6.54 Å². The standard InChI is InChI=1S/C10H7BrN2O2/c11-7-1-2-9-8(5-7)10(15)13(3-4-14)6-12-9/h1-2,4-6H,3H2. The summed E-state index contributed by atoms with van der Waals surface area (Å²) in [5.41, 5.74) is 0.429. The third-order valence-corrected chi connectivity index (χ3v) is 2.55. The summed E-state index contributed by atoms with van der Waals surface area (Å²) in [5.74, 6) is 0. The van der Waals surface area contributed by atoms with Crippen molar-refractivity contribution >= 4 is 33.1 Å². The molecule has 0 saturated carbocycles. The molecule has 0 aliphatic carbocycles. The Hall–Kier alpha value is -1.49. The second-order valence-corrected chi connectivity index (χ2v) is 3.95. The fourth-order valence-corrected chi connectivity index (χ4v) is 1.70. The van der Waals surface area contributed by atoms with Crippen LogP contribution in [0.2, 0.25) is 0 Å². The zero-order valence-electron chi connectivity index (χ0n) is 7.68. The minimum atomic E-state index is -0.201. The molecule has 0 unspecified atom stereocenters. The molecular formula is C10H7BrN2O2. The quantitative estimate of drug-likeness (QED) is 0.772. The summed E-state index contributed by atoms with van der Waals surface area (Å²) in [6, 6.07) is 5.27. The summed E-state index contributed by atoms with van der Waals surface area (Å²) in [7, 11) is 0. The van der Waals surface area contributed by atoms with Crippen molar-refractivity contribution in [1.29, 1.82) is 0 Å². The number of fused-ring (bicyclic) bond motifs is 1. The van der Waals surface area contributed by atoms with Gasteiger partial charge in [0.2, 0.25) is 0 Å². The van der Waals surface area contributed by atoms with E-state index in [1.807, 2.05) is 6.07 Å². The maximum Gasteiger partial charge on any atom is 0.261 e. The van der Waals surface area contributed by atoms with Crippen LogP contribution < -0.4 is 5.56 Å². The van der Waals surface area contributed by atoms with Crippen LogP contribution in [0.25, 0.3) is 10.9 Å². The first-order chi connectivity index (χ1) is 7.22. The van der Waals surface area contributed by atoms with E-state index in [0.29, 0.717) is 17.2 Å². The highest BCUT2D eigenvalue weighted by Gasteiger charge is 2.03. The molecule has 0 N–H and O–H groups in total. The molecule has 0 bridgehead atoms. The van der Waals surface area contributed by atoms with Gasteiger partial charge in [-0.3, -0.25) is 9.36 Å². The molecule has 0 saturated heterocycles. The lowest BCUT2D eigenvalue weighted by molar-refractivity contribution is -0.108. The largest absolute Gasteiger partial charge is 0.301 e. The minimum absolute atomic E-state index is 0.0360. The predicted octanol–water partition coefficient (Wildman–Crippen LogP) is 1.36. The number of halogens is 1. The SMILES string of the molecule is O=CCn1cnc2ccc(Br)cc2c1=O. The van der Waals surface area contributed by atoms with Gasteiger partial charge in [-0.2, -0.15) is 0 Å². The van der Waals surface area contributed by atoms with E-state index in [1.54, 1.807) is 12.1 Å². The van der Waals surface area contributed by atoms with Crippen molar-refractivity contribution in [3.8, 4) is 0 Å². The zero-order chi connectivity index (χ0) is 10.8. The Balaban J connectivity index is 2.76. The fraction of sp³-hybridized carbons (Fsp3) is 0.100. The average molecular weight is 267 g/mol. The topological polar surface area (TPSA) is 52.0 Å². The van der Waals surface area contributed by atoms with Crippen molar-refractivity contribution in [3.63, 3.8) is 0 Å². The van der Waals surface area contributed by atoms with E-state index in [0.717, 1.165) is 4.47 Å². The Bertz CT molecular complexity index is 577. The molecule has 1 heterocycles. The summed E-state index contributed by atoms with van der Waals surface area (Å²) in [6.07, 6.45) is 2.06. The monoisotopic (exact) mass is 266 g/mol. The highest BCUT2D eigenvalue weighted by Crippen LogP contribution is 2.14. The second kappa shape index (κ2) is 3.94. The highest BCUT2D eigenvalue weighted by molar-refractivity contribution is 9.10. The molecule has 4 nitrogen and oxygen atoms in total. The van der Waals surface area contributed by atoms with Gasteiger partial charge in [0.15, 0.2) is 0 Å². The van der Waals surface area contributed by atoms with Crippen molar-refractivity contribution in [2.75, 3.05) is 0 Å². The van der Waals surface area contributed by atoms with E-state index in [-0.39, 0.29) is 12.1 Å². The maximum atomic E-state index is 11.8. The molecule has 2 rings (SSSR count). The van der Waals surface area contributed by atoms with Crippen LogP contribution in [-0.2, 0) is 11.3 Å². The van der Waals surface area contributed by atoms with Gasteiger partial charge in [-0.15, -0.1) is 0 Å². The van der Waals surface area contributed by atoms with Gasteiger partial charge >= 0.3 is 0 Å². The van der Waals surface area contributed by atoms with Crippen LogP contribution >= 0.6 is 15.9 Å². The lowest BCUT2D eigenvalue weighted by atomic mass is 10.2. The minimum Gasteiger partial charge on any atom is -0.301 e. The molecule has 1 aromatic heterocycles. The van der Waals surface area contributed by atoms with Crippen LogP contribution in [0.1, 0.15) is 0 Å². The van der Waals surface area contributed by atoms with Crippen LogP contribution in [0.4, 0.5) is 0 Å². The lowest BCUT2D eigenvalue weighted by Crippen LogP contribution is -2.21. The van der Waals surface area contributed by atoms with Gasteiger partial charge in [0.05, 0.1) is 23.8 Å². The van der Waals surface area contributed by atoms with E-state index in [9.17, 15) is 9.59 Å². The van der Waals surface area contributed by atoms with Gasteiger partial charge in [0.1, 0.15) is 6.29 Å². The van der Waals surface area contributed by atoms with Gasteiger partial charge in [0, 0.05) is 4.47 Å². The molecule has 0 aliphatic heterocycles. The molecule has 15 heavy (non-hydrogen) atoms. The first-order valence-electron chi connectivity index (χ1n) is 4.30. The summed E-state index contributed by atoms with van der Waals surface area (Å²) in [4.78, 5) is 26.2. The summed E-state index contributed by atoms with van der Waals surface area (Å²) in [5, 5.41) is 0.508. The van der Waals surface area contributed by atoms with E-state index in [2.05, 4.69) is 20.9 Å². The molecular weight excluding hydrogens is 260 g/mol. The fourth-order valence-electron chi connectivity index (χ4n) is 1.34. The molecule has 0 spiro atoms. The predicted molar refractivity (Wildman–Crippen MR) is 59.8 cm³/mol. The third kappa shape index (κ3) is 1.83. The average Bonchev–Trinajstić information content (AvgIpc) is 2.23. The van der Waals surface area contributed by atoms with Crippen LogP contribution in [0, 0.1) is 0 Å². The molecule has 0 fully saturated rings. The van der Waals surface area contributed by atoms with E-state index in [1.165, 1.54) is 10.9 Å². The Labute approximate surface area is 93.7 Å². The molecule has 2 aromatic rings. The number of hydrogen-bond donors (Lipinski definition) is 0. The zero-order valence-corrected chi connectivity index (χ0v) is 9.27. The second-order valence-electron chi connectivity index (χ2n) is 3.03. The molecule has 1 aromatic carbocycles. The van der Waals surface area contributed by atoms with Gasteiger partial charge in [-0.1, -0.05) is 15.9 Å². The normalized spacial score (nSPS) is 10.5. The number of carbonyl (C=O) groups is 1. The summed E-state index contributed by atoms with van der Waals surface area (Å²) in [6.45, 7) is 0.0360. The highest BCUT2D eigenvalue weighted by atomic mass is 79.9. The molecule has 0 atom stereocenters. The van der Waals surface area contributed by atoms with Crippen LogP contribution in [-0.4, -0.2) is 15.8 Å². The van der Waals surface area contributed by atoms with Crippen LogP contribution in [0.15, 0.2) is 33.8 Å². The number of carbonyl (C=O) groups excluding carboxylic acids is 1. The Morgan fingerprint density at radius 3 is 3.00 bits per heavy atom. The van der Waals surface area contributed by atoms with Crippen molar-refractivity contribution in [2.24, 2.45) is 0 Å². The lowest BCUT2D eigenvalue weighted by Gasteiger charge is -2.02. The van der Waals surface area contributed by atoms with Gasteiger partial charge in [-0.05, 0) is 18.2 Å². The van der Waals surface area contributed by atoms with E-state index in [4.69, 9.17) is 0 Å². The maximum absolute atomic E-state index is 11.8. The smallest absolute Gasteiger partial charge is 0.261 e. The number of aldehydes is 1. The molecule has 5 heteroatoms. The van der Waals surface area contributed by atoms with E-state index >= 15 is 0 Å². The van der Waals surface area contributed by atoms with Gasteiger partial charge < -0.3 is 4.79 Å². The third-order valence-electron chi connectivity index (χ3n) is 2.06. The Morgan fingerprint density at radius 1 is 1.47 bits per heavy atom. The first-order valence-corrected chi connectivity index (χ1v) is 5.10. The Morgan fingerprint density at radius 2 is 2.27 bits per heavy atom. The summed E-state index contributed by atoms with van der Waals surface area (Å²) >= 11 is 3.28. The van der Waals surface area contributed by atoms with E-state index < -0.39 is 0 Å². The van der Waals surface area contributed by atoms with Gasteiger partial charge in [0.25, 0.3) is 5.56 Å². The molecule has 0 aliphatic rings. The molecule has 0 radical (unpaired) electrons. The summed E-state index contributed by atoms with van der Waals surface area (Å²) < 4.78 is 2.10. The number of nitrogens with zero attached hydrogens (tertiary/aromatic N) is 2. The number of aromatic nitrogens is 2. The number of hydrogen-bond acceptors (Lipinski definition) is 3. The first kappa shape index (κ1) is 10.0. The number of benzene rings is 1. The van der Waals surface area contributed by atoms with Gasteiger partial charge in [-0.25, -0.2) is 4.98 Å². The Kier molecular flexibility index (Phi) is 2.64. The van der Waals surface area contributed by atoms with Crippen molar-refractivity contribution in [1.82, 2.24) is 9.55 Å². The van der Waals surface area contributed by atoms with Crippen LogP contribution in [0.3, 0.4) is 0 Å². The van der Waals surface area contributed by atoms with Crippen LogP contribution in [0.5, 0.6) is 0 Å². The van der Waals surface area contributed by atoms with Crippen molar-refractivity contribution in [3.05, 3.63) is 39.4 Å². The van der Waals surface area contributed by atoms with Crippen molar-refractivity contribution < 1.29 is 4.79 Å². The molecule has 0 amide bonds. The molecule has 76 valence electrons. The number of rotatable bonds is 2.